The number of hydrogen-bond acceptors (Lipinski definition) is 6. The van der Waals surface area contributed by atoms with Gasteiger partial charge < -0.3 is 9.32 Å². The molecule has 10 aromatic rings. The Hall–Kier alpha value is -7.15. The molecule has 0 bridgehead atoms. The maximum atomic E-state index is 6.76. The van der Waals surface area contributed by atoms with Gasteiger partial charge in [-0.2, -0.15) is 0 Å². The second-order valence-corrected chi connectivity index (χ2v) is 16.0. The number of para-hydroxylation sites is 2. The molecule has 1 aliphatic carbocycles. The fourth-order valence-electron chi connectivity index (χ4n) is 8.28. The first kappa shape index (κ1) is 34.1. The minimum Gasteiger partial charge on any atom is -0.455 e. The van der Waals surface area contributed by atoms with E-state index in [4.69, 9.17) is 19.4 Å². The maximum absolute atomic E-state index is 6.76. The number of anilines is 3. The monoisotopic (exact) mass is 764 g/mol. The molecule has 0 amide bonds. The number of allylic oxidation sites excluding steroid dienone is 4. The average Bonchev–Trinajstić information content (AvgIpc) is 3.86. The lowest BCUT2D eigenvalue weighted by atomic mass is 9.95. The molecule has 0 saturated heterocycles. The summed E-state index contributed by atoms with van der Waals surface area (Å²) in [6.07, 6.45) is 7.33. The van der Waals surface area contributed by atoms with Gasteiger partial charge in [0.05, 0.1) is 0 Å². The molecule has 11 rings (SSSR count). The van der Waals surface area contributed by atoms with Crippen molar-refractivity contribution in [2.75, 3.05) is 4.90 Å². The van der Waals surface area contributed by atoms with Gasteiger partial charge in [-0.05, 0) is 84.1 Å². The molecule has 0 radical (unpaired) electrons. The highest BCUT2D eigenvalue weighted by Gasteiger charge is 2.22. The number of thiophene rings is 1. The summed E-state index contributed by atoms with van der Waals surface area (Å²) >= 11 is 1.84. The van der Waals surface area contributed by atoms with Gasteiger partial charge in [-0.25, -0.2) is 15.0 Å². The molecule has 0 saturated carbocycles. The van der Waals surface area contributed by atoms with Crippen molar-refractivity contribution in [3.05, 3.63) is 188 Å². The first-order valence-electron chi connectivity index (χ1n) is 19.7. The standard InChI is InChI=1S/C52H36N4OS/c1-33-13-12-16-36(31-33)51-53-50(35-14-4-2-5-15-35)54-52(55-51)44-30-29-40(49-48(44)43-20-8-10-21-45(43)57-49)34-23-25-38(26-24-34)56(37-17-6-3-7-18-37)39-27-28-42-41-19-9-11-22-46(41)58-47(42)32-39/h2-30,32-33H,31H2,1H3. The van der Waals surface area contributed by atoms with E-state index in [1.807, 2.05) is 41.7 Å². The van der Waals surface area contributed by atoms with E-state index in [1.54, 1.807) is 0 Å². The van der Waals surface area contributed by atoms with Crippen LogP contribution in [-0.2, 0) is 0 Å². The van der Waals surface area contributed by atoms with E-state index in [2.05, 4.69) is 164 Å². The van der Waals surface area contributed by atoms with Gasteiger partial charge in [-0.1, -0.05) is 128 Å². The molecule has 0 N–H and O–H groups in total. The number of furan rings is 1. The molecule has 0 spiro atoms. The third kappa shape index (κ3) is 5.97. The van der Waals surface area contributed by atoms with Crippen molar-refractivity contribution >= 4 is 76.1 Å². The Morgan fingerprint density at radius 1 is 0.552 bits per heavy atom. The van der Waals surface area contributed by atoms with E-state index < -0.39 is 0 Å². The summed E-state index contributed by atoms with van der Waals surface area (Å²) in [6, 6.07) is 57.5. The topological polar surface area (TPSA) is 55.1 Å². The molecule has 0 aliphatic heterocycles. The second kappa shape index (κ2) is 14.1. The Morgan fingerprint density at radius 3 is 2.03 bits per heavy atom. The predicted octanol–water partition coefficient (Wildman–Crippen LogP) is 14.6. The van der Waals surface area contributed by atoms with Crippen LogP contribution in [0.2, 0.25) is 0 Å². The van der Waals surface area contributed by atoms with Gasteiger partial charge in [0.1, 0.15) is 11.2 Å². The first-order valence-corrected chi connectivity index (χ1v) is 20.5. The Labute approximate surface area is 339 Å². The molecule has 1 aliphatic rings. The van der Waals surface area contributed by atoms with Crippen LogP contribution in [-0.4, -0.2) is 15.0 Å². The summed E-state index contributed by atoms with van der Waals surface area (Å²) in [6.45, 7) is 2.22. The van der Waals surface area contributed by atoms with E-state index in [-0.39, 0.29) is 0 Å². The van der Waals surface area contributed by atoms with Crippen LogP contribution in [0.15, 0.2) is 186 Å². The van der Waals surface area contributed by atoms with Crippen molar-refractivity contribution in [1.82, 2.24) is 15.0 Å². The predicted molar refractivity (Wildman–Crippen MR) is 242 cm³/mol. The molecule has 58 heavy (non-hydrogen) atoms. The van der Waals surface area contributed by atoms with E-state index >= 15 is 0 Å². The fourth-order valence-corrected chi connectivity index (χ4v) is 9.42. The smallest absolute Gasteiger partial charge is 0.164 e. The molecule has 3 heterocycles. The van der Waals surface area contributed by atoms with Gasteiger partial charge in [0.25, 0.3) is 0 Å². The SMILES string of the molecule is CC1C=CC=C(c2nc(-c3ccccc3)nc(-c3ccc(-c4ccc(N(c5ccccc5)c5ccc6c(c5)sc5ccccc56)cc4)c4oc5ccccc5c34)n2)C1. The number of nitrogens with zero attached hydrogens (tertiary/aromatic N) is 4. The summed E-state index contributed by atoms with van der Waals surface area (Å²) in [5.74, 6) is 2.38. The summed E-state index contributed by atoms with van der Waals surface area (Å²) in [5, 5.41) is 4.60. The Bertz CT molecular complexity index is 3220. The molecule has 1 atom stereocenters. The van der Waals surface area contributed by atoms with Crippen LogP contribution in [0.25, 0.3) is 81.6 Å². The lowest BCUT2D eigenvalue weighted by molar-refractivity contribution is 0.670. The molecular weight excluding hydrogens is 729 g/mol. The highest BCUT2D eigenvalue weighted by Crippen LogP contribution is 2.44. The van der Waals surface area contributed by atoms with E-state index in [0.717, 1.165) is 73.2 Å². The third-order valence-electron chi connectivity index (χ3n) is 11.1. The molecule has 276 valence electrons. The largest absolute Gasteiger partial charge is 0.455 e. The molecule has 6 heteroatoms. The molecular formula is C52H36N4OS. The van der Waals surface area contributed by atoms with Crippen molar-refractivity contribution in [1.29, 1.82) is 0 Å². The van der Waals surface area contributed by atoms with Gasteiger partial charge in [0.15, 0.2) is 17.5 Å². The van der Waals surface area contributed by atoms with Crippen molar-refractivity contribution in [3.63, 3.8) is 0 Å². The minimum atomic E-state index is 0.403. The van der Waals surface area contributed by atoms with Gasteiger partial charge in [0, 0.05) is 64.7 Å². The van der Waals surface area contributed by atoms with E-state index in [9.17, 15) is 0 Å². The van der Waals surface area contributed by atoms with Crippen LogP contribution in [0, 0.1) is 5.92 Å². The Balaban J connectivity index is 1.04. The van der Waals surface area contributed by atoms with Crippen LogP contribution in [0.3, 0.4) is 0 Å². The first-order chi connectivity index (χ1) is 28.6. The highest BCUT2D eigenvalue weighted by molar-refractivity contribution is 7.25. The van der Waals surface area contributed by atoms with Crippen molar-refractivity contribution in [3.8, 4) is 33.9 Å². The number of rotatable bonds is 7. The van der Waals surface area contributed by atoms with Crippen LogP contribution in [0.4, 0.5) is 17.1 Å². The Morgan fingerprint density at radius 2 is 1.21 bits per heavy atom. The van der Waals surface area contributed by atoms with Crippen molar-refractivity contribution < 1.29 is 4.42 Å². The second-order valence-electron chi connectivity index (χ2n) is 14.9. The molecule has 7 aromatic carbocycles. The average molecular weight is 765 g/mol. The van der Waals surface area contributed by atoms with Gasteiger partial charge >= 0.3 is 0 Å². The molecule has 3 aromatic heterocycles. The number of aromatic nitrogens is 3. The van der Waals surface area contributed by atoms with Crippen LogP contribution >= 0.6 is 11.3 Å². The minimum absolute atomic E-state index is 0.403. The molecule has 5 nitrogen and oxygen atoms in total. The number of fused-ring (bicyclic) bond motifs is 6. The number of benzene rings is 7. The Kier molecular flexibility index (Phi) is 8.30. The third-order valence-corrected chi connectivity index (χ3v) is 12.2. The van der Waals surface area contributed by atoms with E-state index in [1.165, 1.54) is 20.2 Å². The van der Waals surface area contributed by atoms with Gasteiger partial charge in [0.2, 0.25) is 0 Å². The maximum Gasteiger partial charge on any atom is 0.164 e. The zero-order chi connectivity index (χ0) is 38.6. The summed E-state index contributed by atoms with van der Waals surface area (Å²) in [5.41, 5.74) is 9.93. The summed E-state index contributed by atoms with van der Waals surface area (Å²) in [4.78, 5) is 17.7. The zero-order valence-electron chi connectivity index (χ0n) is 31.7. The van der Waals surface area contributed by atoms with Crippen LogP contribution in [0.5, 0.6) is 0 Å². The fraction of sp³-hybridized carbons (Fsp3) is 0.0577. The normalized spacial score (nSPS) is 14.1. The van der Waals surface area contributed by atoms with Crippen molar-refractivity contribution in [2.45, 2.75) is 13.3 Å². The van der Waals surface area contributed by atoms with Crippen LogP contribution in [0.1, 0.15) is 19.2 Å². The van der Waals surface area contributed by atoms with Gasteiger partial charge in [-0.15, -0.1) is 11.3 Å². The molecule has 0 fully saturated rings. The lowest BCUT2D eigenvalue weighted by Gasteiger charge is -2.25. The highest BCUT2D eigenvalue weighted by atomic mass is 32.1. The van der Waals surface area contributed by atoms with Crippen molar-refractivity contribution in [2.24, 2.45) is 5.92 Å². The quantitative estimate of drug-likeness (QED) is 0.162. The van der Waals surface area contributed by atoms with Crippen LogP contribution < -0.4 is 4.90 Å². The number of hydrogen-bond donors (Lipinski definition) is 0. The summed E-state index contributed by atoms with van der Waals surface area (Å²) in [7, 11) is 0. The lowest BCUT2D eigenvalue weighted by Crippen LogP contribution is -2.09. The zero-order valence-corrected chi connectivity index (χ0v) is 32.5. The van der Waals surface area contributed by atoms with E-state index in [0.29, 0.717) is 23.4 Å². The molecule has 1 unspecified atom stereocenters. The van der Waals surface area contributed by atoms with Gasteiger partial charge in [-0.3, -0.25) is 0 Å². The summed E-state index contributed by atoms with van der Waals surface area (Å²) < 4.78 is 9.33.